The molecule has 0 bridgehead atoms. The van der Waals surface area contributed by atoms with Crippen LogP contribution in [0.15, 0.2) is 29.2 Å². The molecule has 14 heavy (non-hydrogen) atoms. The van der Waals surface area contributed by atoms with Gasteiger partial charge in [0, 0.05) is 4.90 Å². The van der Waals surface area contributed by atoms with E-state index in [0.717, 1.165) is 12.1 Å². The molecule has 0 radical (unpaired) electrons. The molecule has 6 heteroatoms. The van der Waals surface area contributed by atoms with Gasteiger partial charge in [-0.2, -0.15) is 13.2 Å². The van der Waals surface area contributed by atoms with E-state index in [9.17, 15) is 17.4 Å². The van der Waals surface area contributed by atoms with Gasteiger partial charge in [-0.15, -0.1) is 0 Å². The summed E-state index contributed by atoms with van der Waals surface area (Å²) in [4.78, 5) is -0.343. The van der Waals surface area contributed by atoms with Crippen molar-refractivity contribution >= 4 is 10.8 Å². The third-order valence-corrected chi connectivity index (χ3v) is 2.61. The van der Waals surface area contributed by atoms with Gasteiger partial charge in [-0.05, 0) is 17.7 Å². The summed E-state index contributed by atoms with van der Waals surface area (Å²) in [5, 5.41) is 8.67. The molecule has 1 rings (SSSR count). The summed E-state index contributed by atoms with van der Waals surface area (Å²) in [6.45, 7) is -0.372. The van der Waals surface area contributed by atoms with Crippen molar-refractivity contribution in [2.75, 3.05) is 0 Å². The molecule has 0 heterocycles. The van der Waals surface area contributed by atoms with Crippen molar-refractivity contribution in [2.45, 2.75) is 17.0 Å². The normalized spacial score (nSPS) is 14.0. The van der Waals surface area contributed by atoms with E-state index >= 15 is 0 Å². The number of hydrogen-bond acceptors (Lipinski definition) is 2. The van der Waals surface area contributed by atoms with Crippen LogP contribution in [0.4, 0.5) is 13.2 Å². The standard InChI is InChI=1S/C8H7F3O2S/c9-8(10,11)14(13)7-3-1-2-6(4-7)5-12/h1-4,12H,5H2. The summed E-state index contributed by atoms with van der Waals surface area (Å²) in [5.41, 5.74) is -4.45. The molecule has 0 aliphatic heterocycles. The lowest BCUT2D eigenvalue weighted by Crippen LogP contribution is -2.16. The second kappa shape index (κ2) is 4.10. The van der Waals surface area contributed by atoms with Crippen molar-refractivity contribution < 1.29 is 22.5 Å². The fourth-order valence-electron chi connectivity index (χ4n) is 0.893. The molecule has 0 aromatic heterocycles. The van der Waals surface area contributed by atoms with Crippen LogP contribution in [0.1, 0.15) is 5.56 Å². The molecule has 1 aromatic carbocycles. The minimum Gasteiger partial charge on any atom is -0.392 e. The Hall–Kier alpha value is -0.880. The number of rotatable bonds is 2. The summed E-state index contributed by atoms with van der Waals surface area (Å²) in [7, 11) is -3.02. The summed E-state index contributed by atoms with van der Waals surface area (Å²) < 4.78 is 46.9. The molecule has 0 aliphatic rings. The number of aliphatic hydroxyl groups excluding tert-OH is 1. The first-order chi connectivity index (χ1) is 6.45. The fourth-order valence-corrected chi connectivity index (χ4v) is 1.62. The van der Waals surface area contributed by atoms with E-state index < -0.39 is 16.3 Å². The lowest BCUT2D eigenvalue weighted by molar-refractivity contribution is -0.0384. The van der Waals surface area contributed by atoms with E-state index in [-0.39, 0.29) is 11.5 Å². The summed E-state index contributed by atoms with van der Waals surface area (Å²) in [5.74, 6) is 0. The van der Waals surface area contributed by atoms with E-state index in [1.165, 1.54) is 12.1 Å². The quantitative estimate of drug-likeness (QED) is 0.831. The SMILES string of the molecule is O=S(c1cccc(CO)c1)C(F)(F)F. The zero-order valence-corrected chi connectivity index (χ0v) is 7.73. The molecular weight excluding hydrogens is 217 g/mol. The van der Waals surface area contributed by atoms with Gasteiger partial charge in [-0.3, -0.25) is 0 Å². The minimum absolute atomic E-state index is 0.306. The minimum atomic E-state index is -4.76. The van der Waals surface area contributed by atoms with Gasteiger partial charge in [0.1, 0.15) is 0 Å². The fraction of sp³-hybridized carbons (Fsp3) is 0.250. The Balaban J connectivity index is 3.02. The van der Waals surface area contributed by atoms with Crippen molar-refractivity contribution in [3.8, 4) is 0 Å². The second-order valence-electron chi connectivity index (χ2n) is 2.52. The zero-order chi connectivity index (χ0) is 10.8. The van der Waals surface area contributed by atoms with Gasteiger partial charge in [0.2, 0.25) is 0 Å². The zero-order valence-electron chi connectivity index (χ0n) is 6.91. The predicted molar refractivity (Wildman–Crippen MR) is 44.8 cm³/mol. The molecule has 1 aromatic rings. The van der Waals surface area contributed by atoms with Crippen LogP contribution in [0.25, 0.3) is 0 Å². The van der Waals surface area contributed by atoms with Gasteiger partial charge < -0.3 is 5.11 Å². The number of benzene rings is 1. The predicted octanol–water partition coefficient (Wildman–Crippen LogP) is 1.81. The number of alkyl halides is 3. The van der Waals surface area contributed by atoms with Gasteiger partial charge in [0.25, 0.3) is 0 Å². The van der Waals surface area contributed by atoms with E-state index in [1.807, 2.05) is 0 Å². The Labute approximate surface area is 80.8 Å². The van der Waals surface area contributed by atoms with Crippen LogP contribution in [0, 0.1) is 0 Å². The molecule has 78 valence electrons. The molecule has 0 spiro atoms. The third kappa shape index (κ3) is 2.55. The average molecular weight is 224 g/mol. The van der Waals surface area contributed by atoms with Crippen LogP contribution >= 0.6 is 0 Å². The number of halogens is 3. The molecule has 0 saturated heterocycles. The Bertz CT molecular complexity index is 349. The van der Waals surface area contributed by atoms with Gasteiger partial charge in [-0.25, -0.2) is 4.21 Å². The van der Waals surface area contributed by atoms with Gasteiger partial charge in [0.05, 0.1) is 6.61 Å². The smallest absolute Gasteiger partial charge is 0.392 e. The van der Waals surface area contributed by atoms with E-state index in [4.69, 9.17) is 5.11 Å². The highest BCUT2D eigenvalue weighted by Gasteiger charge is 2.37. The number of hydrogen-bond donors (Lipinski definition) is 1. The lowest BCUT2D eigenvalue weighted by Gasteiger charge is -2.06. The summed E-state index contributed by atoms with van der Waals surface area (Å²) in [6.07, 6.45) is 0. The topological polar surface area (TPSA) is 37.3 Å². The van der Waals surface area contributed by atoms with Crippen LogP contribution < -0.4 is 0 Å². The van der Waals surface area contributed by atoms with E-state index in [2.05, 4.69) is 0 Å². The van der Waals surface area contributed by atoms with Crippen molar-refractivity contribution in [2.24, 2.45) is 0 Å². The first-order valence-corrected chi connectivity index (χ1v) is 4.78. The molecule has 0 aliphatic carbocycles. The molecule has 0 amide bonds. The largest absolute Gasteiger partial charge is 0.475 e. The Morgan fingerprint density at radius 1 is 1.36 bits per heavy atom. The van der Waals surface area contributed by atoms with Crippen molar-refractivity contribution in [3.05, 3.63) is 29.8 Å². The maximum atomic E-state index is 12.0. The first kappa shape index (κ1) is 11.2. The number of aliphatic hydroxyl groups is 1. The molecule has 0 saturated carbocycles. The van der Waals surface area contributed by atoms with Crippen LogP contribution in [-0.2, 0) is 17.4 Å². The molecule has 2 nitrogen and oxygen atoms in total. The Morgan fingerprint density at radius 3 is 2.50 bits per heavy atom. The first-order valence-electron chi connectivity index (χ1n) is 3.63. The highest BCUT2D eigenvalue weighted by atomic mass is 32.2. The Kier molecular flexibility index (Phi) is 3.28. The summed E-state index contributed by atoms with van der Waals surface area (Å²) >= 11 is 0. The molecule has 0 fully saturated rings. The van der Waals surface area contributed by atoms with Crippen molar-refractivity contribution in [1.82, 2.24) is 0 Å². The maximum Gasteiger partial charge on any atom is 0.475 e. The lowest BCUT2D eigenvalue weighted by atomic mass is 10.2. The third-order valence-electron chi connectivity index (χ3n) is 1.51. The van der Waals surface area contributed by atoms with Crippen LogP contribution in [0.2, 0.25) is 0 Å². The van der Waals surface area contributed by atoms with E-state index in [1.54, 1.807) is 0 Å². The van der Waals surface area contributed by atoms with Gasteiger partial charge in [0.15, 0.2) is 10.8 Å². The van der Waals surface area contributed by atoms with Crippen LogP contribution in [-0.4, -0.2) is 14.8 Å². The highest BCUT2D eigenvalue weighted by Crippen LogP contribution is 2.26. The van der Waals surface area contributed by atoms with Gasteiger partial charge in [-0.1, -0.05) is 12.1 Å². The maximum absolute atomic E-state index is 12.0. The second-order valence-corrected chi connectivity index (χ2v) is 3.99. The summed E-state index contributed by atoms with van der Waals surface area (Å²) in [6, 6.07) is 4.97. The molecule has 1 unspecified atom stereocenters. The Morgan fingerprint density at radius 2 is 2.00 bits per heavy atom. The molecule has 1 N–H and O–H groups in total. The van der Waals surface area contributed by atoms with Crippen LogP contribution in [0.5, 0.6) is 0 Å². The van der Waals surface area contributed by atoms with Crippen molar-refractivity contribution in [3.63, 3.8) is 0 Å². The van der Waals surface area contributed by atoms with E-state index in [0.29, 0.717) is 5.56 Å². The van der Waals surface area contributed by atoms with Crippen molar-refractivity contribution in [1.29, 1.82) is 0 Å². The van der Waals surface area contributed by atoms with Crippen LogP contribution in [0.3, 0.4) is 0 Å². The molecular formula is C8H7F3O2S. The average Bonchev–Trinajstić information content (AvgIpc) is 2.15. The monoisotopic (exact) mass is 224 g/mol. The van der Waals surface area contributed by atoms with Gasteiger partial charge >= 0.3 is 5.51 Å². The molecule has 1 atom stereocenters. The highest BCUT2D eigenvalue weighted by molar-refractivity contribution is 7.86.